The van der Waals surface area contributed by atoms with Gasteiger partial charge in [0.25, 0.3) is 5.91 Å². The van der Waals surface area contributed by atoms with E-state index in [4.69, 9.17) is 13.9 Å². The number of aryl methyl sites for hydroxylation is 1. The zero-order chi connectivity index (χ0) is 18.0. The summed E-state index contributed by atoms with van der Waals surface area (Å²) in [7, 11) is 1.60. The molecule has 6 heteroatoms. The number of carbonyl (C=O) groups excluding carboxylic acids is 1. The van der Waals surface area contributed by atoms with E-state index in [9.17, 15) is 4.79 Å². The molecule has 0 radical (unpaired) electrons. The molecule has 1 amide bonds. The van der Waals surface area contributed by atoms with Gasteiger partial charge in [-0.15, -0.1) is 0 Å². The number of amides is 1. The molecule has 1 fully saturated rings. The van der Waals surface area contributed by atoms with Gasteiger partial charge in [0.1, 0.15) is 6.26 Å². The lowest BCUT2D eigenvalue weighted by Crippen LogP contribution is -2.38. The number of aromatic nitrogens is 1. The van der Waals surface area contributed by atoms with Crippen LogP contribution in [0.25, 0.3) is 0 Å². The van der Waals surface area contributed by atoms with E-state index in [0.717, 1.165) is 18.4 Å². The molecule has 2 atom stereocenters. The van der Waals surface area contributed by atoms with Crippen molar-refractivity contribution in [1.29, 1.82) is 0 Å². The molecule has 1 aromatic heterocycles. The van der Waals surface area contributed by atoms with Crippen LogP contribution in [0.4, 0.5) is 0 Å². The van der Waals surface area contributed by atoms with Crippen molar-refractivity contribution < 1.29 is 18.7 Å². The van der Waals surface area contributed by atoms with E-state index in [1.807, 2.05) is 30.0 Å². The Hall–Kier alpha value is -2.50. The van der Waals surface area contributed by atoms with Crippen molar-refractivity contribution in [3.05, 3.63) is 41.6 Å². The number of hydrogen-bond acceptors (Lipinski definition) is 5. The summed E-state index contributed by atoms with van der Waals surface area (Å²) in [5.74, 6) is 1.55. The van der Waals surface area contributed by atoms with Gasteiger partial charge in [0.15, 0.2) is 23.8 Å². The maximum atomic E-state index is 12.6. The van der Waals surface area contributed by atoms with Crippen molar-refractivity contribution in [2.45, 2.75) is 52.3 Å². The fourth-order valence-corrected chi connectivity index (χ4v) is 3.24. The second-order valence-electron chi connectivity index (χ2n) is 6.56. The standard InChI is InChI=1S/C19H24N2O4/c1-12-5-8-16(17(9-12)23-4)24-11-18-20-15(10-25-18)19(22)21-13(2)6-7-14(21)3/h5,8-10,13-14H,6-7,11H2,1-4H3/t13-,14-/m1/s1. The predicted octanol–water partition coefficient (Wildman–Crippen LogP) is 3.58. The molecule has 25 heavy (non-hydrogen) atoms. The highest BCUT2D eigenvalue weighted by molar-refractivity contribution is 5.92. The van der Waals surface area contributed by atoms with E-state index < -0.39 is 0 Å². The van der Waals surface area contributed by atoms with Crippen LogP contribution < -0.4 is 9.47 Å². The molecule has 0 N–H and O–H groups in total. The summed E-state index contributed by atoms with van der Waals surface area (Å²) in [6, 6.07) is 6.15. The largest absolute Gasteiger partial charge is 0.493 e. The average molecular weight is 344 g/mol. The minimum Gasteiger partial charge on any atom is -0.493 e. The molecule has 0 bridgehead atoms. The summed E-state index contributed by atoms with van der Waals surface area (Å²) in [4.78, 5) is 18.8. The molecule has 0 unspecified atom stereocenters. The van der Waals surface area contributed by atoms with Crippen LogP contribution in [0.5, 0.6) is 11.5 Å². The Bertz CT molecular complexity index is 746. The van der Waals surface area contributed by atoms with E-state index >= 15 is 0 Å². The second kappa shape index (κ2) is 7.17. The molecular formula is C19H24N2O4. The van der Waals surface area contributed by atoms with Crippen molar-refractivity contribution in [1.82, 2.24) is 9.88 Å². The van der Waals surface area contributed by atoms with Gasteiger partial charge in [-0.2, -0.15) is 0 Å². The lowest BCUT2D eigenvalue weighted by Gasteiger charge is -2.25. The van der Waals surface area contributed by atoms with Crippen molar-refractivity contribution in [3.63, 3.8) is 0 Å². The van der Waals surface area contributed by atoms with Crippen molar-refractivity contribution >= 4 is 5.91 Å². The minimum absolute atomic E-state index is 0.0829. The van der Waals surface area contributed by atoms with Gasteiger partial charge in [-0.05, 0) is 51.3 Å². The topological polar surface area (TPSA) is 64.8 Å². The fourth-order valence-electron chi connectivity index (χ4n) is 3.24. The predicted molar refractivity (Wildman–Crippen MR) is 92.9 cm³/mol. The number of methoxy groups -OCH3 is 1. The van der Waals surface area contributed by atoms with Crippen molar-refractivity contribution in [3.8, 4) is 11.5 Å². The molecule has 3 rings (SSSR count). The SMILES string of the molecule is COc1cc(C)ccc1OCc1nc(C(=O)N2[C@H](C)CC[C@H]2C)co1. The smallest absolute Gasteiger partial charge is 0.276 e. The molecule has 0 spiro atoms. The van der Waals surface area contributed by atoms with E-state index in [1.54, 1.807) is 7.11 Å². The zero-order valence-corrected chi connectivity index (χ0v) is 15.1. The number of rotatable bonds is 5. The van der Waals surface area contributed by atoms with Gasteiger partial charge in [0, 0.05) is 12.1 Å². The van der Waals surface area contributed by atoms with Crippen LogP contribution in [0.15, 0.2) is 28.9 Å². The van der Waals surface area contributed by atoms with Gasteiger partial charge in [0.2, 0.25) is 5.89 Å². The zero-order valence-electron chi connectivity index (χ0n) is 15.1. The van der Waals surface area contributed by atoms with Crippen LogP contribution in [-0.4, -0.2) is 35.0 Å². The number of oxazole rings is 1. The summed E-state index contributed by atoms with van der Waals surface area (Å²) >= 11 is 0. The molecule has 1 aliphatic rings. The highest BCUT2D eigenvalue weighted by atomic mass is 16.5. The molecule has 2 aromatic rings. The number of carbonyl (C=O) groups is 1. The van der Waals surface area contributed by atoms with Crippen LogP contribution >= 0.6 is 0 Å². The third-order valence-electron chi connectivity index (χ3n) is 4.63. The highest BCUT2D eigenvalue weighted by Crippen LogP contribution is 2.29. The number of nitrogens with zero attached hydrogens (tertiary/aromatic N) is 2. The number of likely N-dealkylation sites (tertiary alicyclic amines) is 1. The van der Waals surface area contributed by atoms with Crippen LogP contribution in [-0.2, 0) is 6.61 Å². The average Bonchev–Trinajstić information content (AvgIpc) is 3.20. The molecule has 6 nitrogen and oxygen atoms in total. The van der Waals surface area contributed by atoms with E-state index in [1.165, 1.54) is 6.26 Å². The third kappa shape index (κ3) is 3.62. The normalized spacial score (nSPS) is 19.9. The third-order valence-corrected chi connectivity index (χ3v) is 4.63. The van der Waals surface area contributed by atoms with E-state index in [-0.39, 0.29) is 24.6 Å². The molecule has 0 saturated carbocycles. The summed E-state index contributed by atoms with van der Waals surface area (Å²) in [6.45, 7) is 6.25. The molecular weight excluding hydrogens is 320 g/mol. The first-order valence-electron chi connectivity index (χ1n) is 8.54. The maximum absolute atomic E-state index is 12.6. The van der Waals surface area contributed by atoms with Crippen LogP contribution in [0.2, 0.25) is 0 Å². The van der Waals surface area contributed by atoms with Crippen molar-refractivity contribution in [2.75, 3.05) is 7.11 Å². The molecule has 0 aliphatic carbocycles. The van der Waals surface area contributed by atoms with Crippen LogP contribution in [0, 0.1) is 6.92 Å². The van der Waals surface area contributed by atoms with Gasteiger partial charge in [-0.1, -0.05) is 6.07 Å². The first-order valence-corrected chi connectivity index (χ1v) is 8.54. The Morgan fingerprint density at radius 3 is 2.68 bits per heavy atom. The quantitative estimate of drug-likeness (QED) is 0.829. The monoisotopic (exact) mass is 344 g/mol. The maximum Gasteiger partial charge on any atom is 0.276 e. The van der Waals surface area contributed by atoms with Crippen LogP contribution in [0.3, 0.4) is 0 Å². The molecule has 134 valence electrons. The Kier molecular flexibility index (Phi) is 4.97. The summed E-state index contributed by atoms with van der Waals surface area (Å²) in [5.41, 5.74) is 1.41. The first-order chi connectivity index (χ1) is 12.0. The molecule has 1 saturated heterocycles. The summed E-state index contributed by atoms with van der Waals surface area (Å²) < 4.78 is 16.4. The Balaban J connectivity index is 1.67. The van der Waals surface area contributed by atoms with Gasteiger partial charge < -0.3 is 18.8 Å². The van der Waals surface area contributed by atoms with Gasteiger partial charge >= 0.3 is 0 Å². The van der Waals surface area contributed by atoms with Gasteiger partial charge in [-0.3, -0.25) is 4.79 Å². The number of ether oxygens (including phenoxy) is 2. The van der Waals surface area contributed by atoms with Crippen LogP contribution in [0.1, 0.15) is 48.6 Å². The summed E-state index contributed by atoms with van der Waals surface area (Å²) in [5, 5.41) is 0. The Morgan fingerprint density at radius 2 is 2.00 bits per heavy atom. The van der Waals surface area contributed by atoms with Crippen molar-refractivity contribution in [2.24, 2.45) is 0 Å². The lowest BCUT2D eigenvalue weighted by atomic mass is 10.2. The number of hydrogen-bond donors (Lipinski definition) is 0. The van der Waals surface area contributed by atoms with Gasteiger partial charge in [-0.25, -0.2) is 4.98 Å². The van der Waals surface area contributed by atoms with E-state index in [2.05, 4.69) is 18.8 Å². The Labute approximate surface area is 147 Å². The van der Waals surface area contributed by atoms with E-state index in [0.29, 0.717) is 23.1 Å². The van der Waals surface area contributed by atoms with Gasteiger partial charge in [0.05, 0.1) is 7.11 Å². The molecule has 2 heterocycles. The second-order valence-corrected chi connectivity index (χ2v) is 6.56. The molecule has 1 aromatic carbocycles. The molecule has 1 aliphatic heterocycles. The Morgan fingerprint density at radius 1 is 1.28 bits per heavy atom. The fraction of sp³-hybridized carbons (Fsp3) is 0.474. The lowest BCUT2D eigenvalue weighted by molar-refractivity contribution is 0.0686. The minimum atomic E-state index is -0.0829. The summed E-state index contributed by atoms with van der Waals surface area (Å²) in [6.07, 6.45) is 3.45. The first kappa shape index (κ1) is 17.3. The number of benzene rings is 1. The highest BCUT2D eigenvalue weighted by Gasteiger charge is 2.33.